The van der Waals surface area contributed by atoms with Crippen molar-refractivity contribution in [2.24, 2.45) is 0 Å². The van der Waals surface area contributed by atoms with Crippen molar-refractivity contribution in [1.82, 2.24) is 0 Å². The fourth-order valence-corrected chi connectivity index (χ4v) is 6.59. The van der Waals surface area contributed by atoms with Crippen molar-refractivity contribution < 1.29 is 47.8 Å². The van der Waals surface area contributed by atoms with Gasteiger partial charge in [0.15, 0.2) is 0 Å². The predicted molar refractivity (Wildman–Crippen MR) is 215 cm³/mol. The Kier molecular flexibility index (Phi) is 37.6. The molecule has 312 valence electrons. The molecule has 11 heteroatoms. The van der Waals surface area contributed by atoms with Gasteiger partial charge in [-0.2, -0.15) is 0 Å². The van der Waals surface area contributed by atoms with E-state index >= 15 is 0 Å². The minimum Gasteiger partial charge on any atom is -0.457 e. The van der Waals surface area contributed by atoms with Crippen LogP contribution in [0.4, 0.5) is 0 Å². The first-order chi connectivity index (χ1) is 25.8. The van der Waals surface area contributed by atoms with Crippen LogP contribution in [0.25, 0.3) is 0 Å². The Balaban J connectivity index is 3.92. The maximum atomic E-state index is 12.3. The number of esters is 2. The Labute approximate surface area is 323 Å². The van der Waals surface area contributed by atoms with Gasteiger partial charge in [-0.15, -0.1) is 0 Å². The van der Waals surface area contributed by atoms with Crippen LogP contribution in [0.3, 0.4) is 0 Å². The van der Waals surface area contributed by atoms with Gasteiger partial charge in [0.25, 0.3) is 0 Å². The highest BCUT2D eigenvalue weighted by Crippen LogP contribution is 2.43. The maximum Gasteiger partial charge on any atom is 0.472 e. The highest BCUT2D eigenvalue weighted by atomic mass is 31.2. The molecule has 0 rings (SSSR count). The van der Waals surface area contributed by atoms with E-state index in [0.717, 1.165) is 64.2 Å². The Morgan fingerprint density at radius 2 is 0.774 bits per heavy atom. The summed E-state index contributed by atoms with van der Waals surface area (Å²) in [5.74, 6) is -1.03. The summed E-state index contributed by atoms with van der Waals surface area (Å²) in [6, 6.07) is 0. The first-order valence-corrected chi connectivity index (χ1v) is 22.8. The van der Waals surface area contributed by atoms with Crippen molar-refractivity contribution in [3.63, 3.8) is 0 Å². The highest BCUT2D eigenvalue weighted by Gasteiger charge is 2.27. The smallest absolute Gasteiger partial charge is 0.457 e. The van der Waals surface area contributed by atoms with E-state index in [0.29, 0.717) is 12.8 Å². The van der Waals surface area contributed by atoms with Crippen molar-refractivity contribution in [2.45, 2.75) is 206 Å². The Morgan fingerprint density at radius 1 is 0.491 bits per heavy atom. The minimum atomic E-state index is -4.63. The van der Waals surface area contributed by atoms with Gasteiger partial charge in [0, 0.05) is 12.8 Å². The number of carbonyl (C=O) groups excluding carboxylic acids is 2. The summed E-state index contributed by atoms with van der Waals surface area (Å²) >= 11 is 0. The predicted octanol–water partition coefficient (Wildman–Crippen LogP) is 11.0. The monoisotopic (exact) mass is 775 g/mol. The second-order valence-corrected chi connectivity index (χ2v) is 15.8. The highest BCUT2D eigenvalue weighted by molar-refractivity contribution is 7.47. The molecule has 0 amide bonds. The van der Waals surface area contributed by atoms with E-state index < -0.39 is 58.4 Å². The summed E-state index contributed by atoms with van der Waals surface area (Å²) in [5, 5.41) is 19.1. The van der Waals surface area contributed by atoms with Gasteiger partial charge in [0.1, 0.15) is 12.2 Å². The number of allylic oxidation sites excluding steroid dienone is 4. The number of hydrogen-bond donors (Lipinski definition) is 3. The van der Waals surface area contributed by atoms with Gasteiger partial charge < -0.3 is 24.6 Å². The van der Waals surface area contributed by atoms with Crippen molar-refractivity contribution in [2.75, 3.05) is 26.4 Å². The molecule has 10 nitrogen and oxygen atoms in total. The molecule has 0 aliphatic carbocycles. The lowest BCUT2D eigenvalue weighted by Crippen LogP contribution is -2.28. The lowest BCUT2D eigenvalue weighted by molar-refractivity contribution is -0.153. The van der Waals surface area contributed by atoms with Crippen LogP contribution in [0.15, 0.2) is 24.3 Å². The number of phosphoric ester groups is 1. The molecule has 0 aromatic carbocycles. The van der Waals surface area contributed by atoms with Gasteiger partial charge in [0.05, 0.1) is 26.4 Å². The van der Waals surface area contributed by atoms with Gasteiger partial charge in [-0.3, -0.25) is 18.6 Å². The zero-order valence-electron chi connectivity index (χ0n) is 33.7. The molecule has 0 fully saturated rings. The number of ether oxygens (including phenoxy) is 2. The third kappa shape index (κ3) is 37.2. The van der Waals surface area contributed by atoms with E-state index in [-0.39, 0.29) is 12.8 Å². The van der Waals surface area contributed by atoms with Gasteiger partial charge in [-0.1, -0.05) is 141 Å². The molecule has 0 aliphatic rings. The van der Waals surface area contributed by atoms with Crippen LogP contribution in [-0.2, 0) is 32.7 Å². The van der Waals surface area contributed by atoms with Crippen molar-refractivity contribution >= 4 is 19.8 Å². The standard InChI is InChI=1S/C42H79O10P/c1-3-5-7-9-11-13-15-17-18-19-20-21-22-24-26-28-30-32-34-42(46)52-40(36-44)38-50-53(47,48)49-37-39(35-43)51-41(45)33-31-29-27-25-23-16-14-12-10-8-6-4-2/h12,14,18-19,39-40,43-44H,3-11,13,15-17,20-38H2,1-2H3,(H,47,48)/b14-12-,19-18-. The number of carbonyl (C=O) groups is 2. The van der Waals surface area contributed by atoms with E-state index in [1.165, 1.54) is 89.9 Å². The number of phosphoric acid groups is 1. The second kappa shape index (κ2) is 38.7. The Hall–Kier alpha value is -1.55. The third-order valence-corrected chi connectivity index (χ3v) is 10.1. The molecule has 0 aliphatic heterocycles. The Morgan fingerprint density at radius 3 is 1.11 bits per heavy atom. The average molecular weight is 775 g/mol. The number of hydrogen-bond acceptors (Lipinski definition) is 9. The largest absolute Gasteiger partial charge is 0.472 e. The number of aliphatic hydroxyl groups is 2. The topological polar surface area (TPSA) is 149 Å². The fraction of sp³-hybridized carbons (Fsp3) is 0.857. The normalized spacial score (nSPS) is 14.1. The van der Waals surface area contributed by atoms with Crippen LogP contribution >= 0.6 is 7.82 Å². The van der Waals surface area contributed by atoms with E-state index in [1.54, 1.807) is 0 Å². The van der Waals surface area contributed by atoms with Crippen molar-refractivity contribution in [3.05, 3.63) is 24.3 Å². The zero-order chi connectivity index (χ0) is 39.1. The van der Waals surface area contributed by atoms with E-state index in [4.69, 9.17) is 18.5 Å². The lowest BCUT2D eigenvalue weighted by Gasteiger charge is -2.20. The molecule has 0 saturated heterocycles. The number of rotatable bonds is 40. The molecule has 0 bridgehead atoms. The zero-order valence-corrected chi connectivity index (χ0v) is 34.6. The van der Waals surface area contributed by atoms with Crippen LogP contribution in [0, 0.1) is 0 Å². The number of aliphatic hydroxyl groups excluding tert-OH is 2. The van der Waals surface area contributed by atoms with Crippen LogP contribution in [0.2, 0.25) is 0 Å². The maximum absolute atomic E-state index is 12.3. The van der Waals surface area contributed by atoms with Crippen molar-refractivity contribution in [3.8, 4) is 0 Å². The molecule has 0 heterocycles. The van der Waals surface area contributed by atoms with Gasteiger partial charge in [-0.05, 0) is 64.2 Å². The molecule has 3 unspecified atom stereocenters. The molecule has 3 atom stereocenters. The molecule has 53 heavy (non-hydrogen) atoms. The van der Waals surface area contributed by atoms with Crippen LogP contribution < -0.4 is 0 Å². The summed E-state index contributed by atoms with van der Waals surface area (Å²) < 4.78 is 32.5. The van der Waals surface area contributed by atoms with E-state index in [2.05, 4.69) is 38.2 Å². The molecule has 0 aromatic rings. The third-order valence-electron chi connectivity index (χ3n) is 9.14. The summed E-state index contributed by atoms with van der Waals surface area (Å²) in [6.07, 6.45) is 37.2. The van der Waals surface area contributed by atoms with Crippen LogP contribution in [0.5, 0.6) is 0 Å². The SMILES string of the molecule is CCCCC/C=C\CCCCCCCC(=O)OC(CO)COP(=O)(O)OCC(CO)OC(=O)CCCCCCCCC/C=C\CCCCCCCCC. The average Bonchev–Trinajstić information content (AvgIpc) is 3.14. The van der Waals surface area contributed by atoms with E-state index in [1.807, 2.05) is 0 Å². The molecular weight excluding hydrogens is 695 g/mol. The second-order valence-electron chi connectivity index (χ2n) is 14.3. The van der Waals surface area contributed by atoms with Gasteiger partial charge in [-0.25, -0.2) is 4.57 Å². The van der Waals surface area contributed by atoms with Crippen LogP contribution in [0.1, 0.15) is 194 Å². The minimum absolute atomic E-state index is 0.183. The summed E-state index contributed by atoms with van der Waals surface area (Å²) in [6.45, 7) is 2.17. The number of unbranched alkanes of at least 4 members (excludes halogenated alkanes) is 22. The molecular formula is C42H79O10P. The molecule has 0 aromatic heterocycles. The van der Waals surface area contributed by atoms with Crippen LogP contribution in [-0.4, -0.2) is 65.7 Å². The summed E-state index contributed by atoms with van der Waals surface area (Å²) in [5.41, 5.74) is 0. The van der Waals surface area contributed by atoms with Crippen molar-refractivity contribution in [1.29, 1.82) is 0 Å². The summed E-state index contributed by atoms with van der Waals surface area (Å²) in [7, 11) is -4.63. The molecule has 3 N–H and O–H groups in total. The fourth-order valence-electron chi connectivity index (χ4n) is 5.81. The summed E-state index contributed by atoms with van der Waals surface area (Å²) in [4.78, 5) is 34.4. The Bertz CT molecular complexity index is 941. The molecule has 0 radical (unpaired) electrons. The quantitative estimate of drug-likeness (QED) is 0.0238. The molecule has 0 saturated carbocycles. The van der Waals surface area contributed by atoms with Gasteiger partial charge in [0.2, 0.25) is 0 Å². The van der Waals surface area contributed by atoms with Gasteiger partial charge >= 0.3 is 19.8 Å². The lowest BCUT2D eigenvalue weighted by atomic mass is 10.1. The first kappa shape index (κ1) is 51.5. The first-order valence-electron chi connectivity index (χ1n) is 21.3. The van der Waals surface area contributed by atoms with E-state index in [9.17, 15) is 29.3 Å². The molecule has 0 spiro atoms.